The van der Waals surface area contributed by atoms with Crippen molar-refractivity contribution in [3.63, 3.8) is 0 Å². The Morgan fingerprint density at radius 3 is 2.33 bits per heavy atom. The van der Waals surface area contributed by atoms with E-state index in [9.17, 15) is 4.79 Å². The number of carbonyl (C=O) groups excluding carboxylic acids is 1. The number of benzene rings is 1. The molecule has 0 aliphatic rings. The molecule has 0 bridgehead atoms. The Hall–Kier alpha value is -1.96. The summed E-state index contributed by atoms with van der Waals surface area (Å²) >= 11 is 0. The smallest absolute Gasteiger partial charge is 0.161 e. The Labute approximate surface area is 108 Å². The first kappa shape index (κ1) is 12.5. The summed E-state index contributed by atoms with van der Waals surface area (Å²) < 4.78 is 0. The van der Waals surface area contributed by atoms with Crippen LogP contribution in [0.25, 0.3) is 11.3 Å². The highest BCUT2D eigenvalue weighted by atomic mass is 16.1. The molecule has 2 nitrogen and oxygen atoms in total. The summed E-state index contributed by atoms with van der Waals surface area (Å²) in [5.74, 6) is 0.0622. The molecular weight excluding hydrogens is 222 g/mol. The molecule has 0 saturated heterocycles. The number of aromatic nitrogens is 1. The van der Waals surface area contributed by atoms with Crippen molar-refractivity contribution in [3.8, 4) is 11.3 Å². The third-order valence-corrected chi connectivity index (χ3v) is 3.12. The lowest BCUT2D eigenvalue weighted by Gasteiger charge is -2.09. The maximum Gasteiger partial charge on any atom is 0.161 e. The fourth-order valence-corrected chi connectivity index (χ4v) is 2.18. The summed E-state index contributed by atoms with van der Waals surface area (Å²) in [6.07, 6.45) is 0. The van der Waals surface area contributed by atoms with Gasteiger partial charge in [-0.05, 0) is 45.4 Å². The molecule has 2 aromatic rings. The van der Waals surface area contributed by atoms with Crippen molar-refractivity contribution in [2.75, 3.05) is 0 Å². The molecule has 2 heteroatoms. The van der Waals surface area contributed by atoms with Crippen molar-refractivity contribution >= 4 is 5.78 Å². The van der Waals surface area contributed by atoms with Crippen LogP contribution in [-0.2, 0) is 0 Å². The Morgan fingerprint density at radius 2 is 1.78 bits per heavy atom. The van der Waals surface area contributed by atoms with Gasteiger partial charge in [0.1, 0.15) is 0 Å². The Balaban J connectivity index is 2.52. The van der Waals surface area contributed by atoms with E-state index in [1.165, 1.54) is 11.1 Å². The van der Waals surface area contributed by atoms with Crippen LogP contribution in [0.5, 0.6) is 0 Å². The van der Waals surface area contributed by atoms with E-state index < -0.39 is 0 Å². The van der Waals surface area contributed by atoms with E-state index >= 15 is 0 Å². The molecule has 0 amide bonds. The lowest BCUT2D eigenvalue weighted by molar-refractivity contribution is 0.101. The van der Waals surface area contributed by atoms with Crippen LogP contribution in [0.3, 0.4) is 0 Å². The summed E-state index contributed by atoms with van der Waals surface area (Å²) in [6, 6.07) is 10.1. The van der Waals surface area contributed by atoms with Gasteiger partial charge in [0.05, 0.1) is 5.69 Å². The standard InChI is InChI=1S/C16H17NO/c1-10-5-6-14(11(2)9-10)16-8-7-15(13(4)18)12(3)17-16/h5-9H,1-4H3. The predicted molar refractivity (Wildman–Crippen MR) is 73.9 cm³/mol. The van der Waals surface area contributed by atoms with Gasteiger partial charge in [-0.2, -0.15) is 0 Å². The number of hydrogen-bond donors (Lipinski definition) is 0. The minimum atomic E-state index is 0.0622. The highest BCUT2D eigenvalue weighted by Crippen LogP contribution is 2.23. The molecule has 0 spiro atoms. The Morgan fingerprint density at radius 1 is 1.06 bits per heavy atom. The van der Waals surface area contributed by atoms with Crippen molar-refractivity contribution in [2.45, 2.75) is 27.7 Å². The highest BCUT2D eigenvalue weighted by molar-refractivity contribution is 5.95. The molecule has 0 aliphatic carbocycles. The molecule has 0 radical (unpaired) electrons. The summed E-state index contributed by atoms with van der Waals surface area (Å²) in [6.45, 7) is 7.61. The van der Waals surface area contributed by atoms with Gasteiger partial charge in [0, 0.05) is 16.8 Å². The van der Waals surface area contributed by atoms with Gasteiger partial charge in [-0.25, -0.2) is 0 Å². The Bertz CT molecular complexity index is 614. The molecule has 0 N–H and O–H groups in total. The monoisotopic (exact) mass is 239 g/mol. The van der Waals surface area contributed by atoms with Crippen LogP contribution in [0.2, 0.25) is 0 Å². The van der Waals surface area contributed by atoms with Crippen LogP contribution < -0.4 is 0 Å². The molecule has 0 fully saturated rings. The number of ketones is 1. The van der Waals surface area contributed by atoms with Crippen LogP contribution in [-0.4, -0.2) is 10.8 Å². The first-order valence-electron chi connectivity index (χ1n) is 6.05. The second kappa shape index (κ2) is 4.73. The third kappa shape index (κ3) is 2.33. The SMILES string of the molecule is CC(=O)c1ccc(-c2ccc(C)cc2C)nc1C. The number of pyridine rings is 1. The van der Waals surface area contributed by atoms with E-state index in [2.05, 4.69) is 37.0 Å². The number of nitrogens with zero attached hydrogens (tertiary/aromatic N) is 1. The normalized spacial score (nSPS) is 10.4. The van der Waals surface area contributed by atoms with E-state index in [4.69, 9.17) is 0 Å². The predicted octanol–water partition coefficient (Wildman–Crippen LogP) is 3.88. The van der Waals surface area contributed by atoms with Crippen LogP contribution in [0, 0.1) is 20.8 Å². The maximum atomic E-state index is 11.4. The van der Waals surface area contributed by atoms with E-state index in [1.54, 1.807) is 6.92 Å². The highest BCUT2D eigenvalue weighted by Gasteiger charge is 2.08. The molecule has 18 heavy (non-hydrogen) atoms. The number of hydrogen-bond acceptors (Lipinski definition) is 2. The van der Waals surface area contributed by atoms with Crippen LogP contribution in [0.15, 0.2) is 30.3 Å². The quantitative estimate of drug-likeness (QED) is 0.744. The van der Waals surface area contributed by atoms with Gasteiger partial charge < -0.3 is 0 Å². The zero-order chi connectivity index (χ0) is 13.3. The lowest BCUT2D eigenvalue weighted by Crippen LogP contribution is -2.00. The van der Waals surface area contributed by atoms with Gasteiger partial charge >= 0.3 is 0 Å². The molecule has 1 aromatic carbocycles. The molecule has 1 heterocycles. The van der Waals surface area contributed by atoms with Gasteiger partial charge in [-0.3, -0.25) is 9.78 Å². The van der Waals surface area contributed by atoms with E-state index in [1.807, 2.05) is 19.1 Å². The topological polar surface area (TPSA) is 30.0 Å². The average Bonchev–Trinajstić information content (AvgIpc) is 2.28. The summed E-state index contributed by atoms with van der Waals surface area (Å²) in [4.78, 5) is 15.9. The van der Waals surface area contributed by atoms with Crippen LogP contribution in [0.1, 0.15) is 34.1 Å². The Kier molecular flexibility index (Phi) is 3.28. The maximum absolute atomic E-state index is 11.4. The molecular formula is C16H17NO. The number of Topliss-reactive ketones (excluding diaryl/α,β-unsaturated/α-hetero) is 1. The fourth-order valence-electron chi connectivity index (χ4n) is 2.18. The van der Waals surface area contributed by atoms with Gasteiger partial charge in [-0.15, -0.1) is 0 Å². The second-order valence-corrected chi connectivity index (χ2v) is 4.70. The summed E-state index contributed by atoms with van der Waals surface area (Å²) in [5, 5.41) is 0. The molecule has 0 saturated carbocycles. The molecule has 92 valence electrons. The first-order valence-corrected chi connectivity index (χ1v) is 6.05. The van der Waals surface area contributed by atoms with E-state index in [-0.39, 0.29) is 5.78 Å². The zero-order valence-electron chi connectivity index (χ0n) is 11.2. The van der Waals surface area contributed by atoms with Crippen molar-refractivity contribution in [3.05, 3.63) is 52.7 Å². The largest absolute Gasteiger partial charge is 0.294 e. The van der Waals surface area contributed by atoms with Crippen molar-refractivity contribution in [1.82, 2.24) is 4.98 Å². The van der Waals surface area contributed by atoms with Crippen LogP contribution >= 0.6 is 0 Å². The van der Waals surface area contributed by atoms with Gasteiger partial charge in [0.25, 0.3) is 0 Å². The van der Waals surface area contributed by atoms with Crippen molar-refractivity contribution in [1.29, 1.82) is 0 Å². The number of aryl methyl sites for hydroxylation is 3. The molecule has 2 rings (SSSR count). The van der Waals surface area contributed by atoms with Crippen LogP contribution in [0.4, 0.5) is 0 Å². The minimum Gasteiger partial charge on any atom is -0.294 e. The average molecular weight is 239 g/mol. The molecule has 1 aromatic heterocycles. The van der Waals surface area contributed by atoms with Crippen molar-refractivity contribution < 1.29 is 4.79 Å². The van der Waals surface area contributed by atoms with E-state index in [0.717, 1.165) is 17.0 Å². The first-order chi connectivity index (χ1) is 8.49. The molecule has 0 atom stereocenters. The second-order valence-electron chi connectivity index (χ2n) is 4.70. The third-order valence-electron chi connectivity index (χ3n) is 3.12. The van der Waals surface area contributed by atoms with Gasteiger partial charge in [0.15, 0.2) is 5.78 Å². The summed E-state index contributed by atoms with van der Waals surface area (Å²) in [7, 11) is 0. The fraction of sp³-hybridized carbons (Fsp3) is 0.250. The molecule has 0 unspecified atom stereocenters. The van der Waals surface area contributed by atoms with Gasteiger partial charge in [0.2, 0.25) is 0 Å². The minimum absolute atomic E-state index is 0.0622. The zero-order valence-corrected chi connectivity index (χ0v) is 11.2. The number of carbonyl (C=O) groups is 1. The lowest BCUT2D eigenvalue weighted by atomic mass is 10.0. The van der Waals surface area contributed by atoms with Crippen molar-refractivity contribution in [2.24, 2.45) is 0 Å². The summed E-state index contributed by atoms with van der Waals surface area (Å²) in [5.41, 5.74) is 5.99. The van der Waals surface area contributed by atoms with Gasteiger partial charge in [-0.1, -0.05) is 23.8 Å². The molecule has 0 aliphatic heterocycles. The van der Waals surface area contributed by atoms with E-state index in [0.29, 0.717) is 5.56 Å². The number of rotatable bonds is 2.